The van der Waals surface area contributed by atoms with E-state index in [1.54, 1.807) is 18.5 Å². The van der Waals surface area contributed by atoms with Crippen LogP contribution in [0.25, 0.3) is 21.9 Å². The molecule has 0 radical (unpaired) electrons. The van der Waals surface area contributed by atoms with Crippen molar-refractivity contribution < 1.29 is 13.7 Å². The van der Waals surface area contributed by atoms with E-state index in [2.05, 4.69) is 36.3 Å². The predicted octanol–water partition coefficient (Wildman–Crippen LogP) is 3.32. The standard InChI is InChI=1S/C25H29N7O3S/c1-16-6-7-18-17(15-28-32(18)20-5-3-4-14-34-20)23(16)35-19-8-9-27-22-21(19)29-25(36(2)33)30-24(22)31-12-10-26-11-13-31/h6-9,15,20,26H,3-5,10-14H2,1-2H3. The zero-order valence-electron chi connectivity index (χ0n) is 20.4. The average molecular weight is 508 g/mol. The first kappa shape index (κ1) is 23.3. The summed E-state index contributed by atoms with van der Waals surface area (Å²) in [6.45, 7) is 6.04. The maximum absolute atomic E-state index is 12.4. The van der Waals surface area contributed by atoms with Crippen LogP contribution in [0.15, 0.2) is 35.7 Å². The van der Waals surface area contributed by atoms with Gasteiger partial charge in [-0.15, -0.1) is 0 Å². The van der Waals surface area contributed by atoms with Crippen molar-refractivity contribution in [3.8, 4) is 11.5 Å². The quantitative estimate of drug-likeness (QED) is 0.407. The molecule has 4 aromatic rings. The monoisotopic (exact) mass is 507 g/mol. The molecule has 0 bridgehead atoms. The highest BCUT2D eigenvalue weighted by Crippen LogP contribution is 2.38. The summed E-state index contributed by atoms with van der Waals surface area (Å²) < 4.78 is 26.9. The molecule has 2 aliphatic heterocycles. The molecule has 0 amide bonds. The highest BCUT2D eigenvalue weighted by Gasteiger charge is 2.23. The molecule has 0 spiro atoms. The Kier molecular flexibility index (Phi) is 6.28. The molecule has 2 unspecified atom stereocenters. The van der Waals surface area contributed by atoms with Crippen LogP contribution in [-0.4, -0.2) is 68.0 Å². The van der Waals surface area contributed by atoms with E-state index in [9.17, 15) is 4.21 Å². The average Bonchev–Trinajstić information content (AvgIpc) is 3.35. The summed E-state index contributed by atoms with van der Waals surface area (Å²) in [4.78, 5) is 16.0. The molecule has 2 aliphatic rings. The van der Waals surface area contributed by atoms with E-state index in [-0.39, 0.29) is 11.4 Å². The zero-order chi connectivity index (χ0) is 24.6. The van der Waals surface area contributed by atoms with Crippen molar-refractivity contribution >= 4 is 38.6 Å². The molecular formula is C25H29N7O3S. The maximum Gasteiger partial charge on any atom is 0.220 e. The normalized spacial score (nSPS) is 19.6. The van der Waals surface area contributed by atoms with Crippen molar-refractivity contribution in [3.05, 3.63) is 36.2 Å². The van der Waals surface area contributed by atoms with Gasteiger partial charge in [0.25, 0.3) is 0 Å². The Morgan fingerprint density at radius 1 is 1.14 bits per heavy atom. The second-order valence-corrected chi connectivity index (χ2v) is 10.5. The number of hydrogen-bond acceptors (Lipinski definition) is 9. The maximum atomic E-state index is 12.4. The van der Waals surface area contributed by atoms with Gasteiger partial charge in [-0.25, -0.2) is 14.6 Å². The molecule has 3 aromatic heterocycles. The van der Waals surface area contributed by atoms with Gasteiger partial charge in [0, 0.05) is 51.3 Å². The number of hydrogen-bond donors (Lipinski definition) is 1. The lowest BCUT2D eigenvalue weighted by molar-refractivity contribution is -0.0366. The van der Waals surface area contributed by atoms with Gasteiger partial charge in [-0.3, -0.25) is 9.19 Å². The third kappa shape index (κ3) is 4.21. The van der Waals surface area contributed by atoms with Gasteiger partial charge >= 0.3 is 0 Å². The van der Waals surface area contributed by atoms with Crippen molar-refractivity contribution in [2.45, 2.75) is 37.6 Å². The number of nitrogens with one attached hydrogen (secondary N) is 1. The largest absolute Gasteiger partial charge is 0.454 e. The minimum atomic E-state index is -1.36. The molecule has 6 rings (SSSR count). The molecule has 2 fully saturated rings. The smallest absolute Gasteiger partial charge is 0.220 e. The van der Waals surface area contributed by atoms with Gasteiger partial charge in [0.05, 0.1) is 27.9 Å². The summed E-state index contributed by atoms with van der Waals surface area (Å²) in [6, 6.07) is 5.90. The summed E-state index contributed by atoms with van der Waals surface area (Å²) in [5.74, 6) is 1.95. The van der Waals surface area contributed by atoms with Gasteiger partial charge in [0.1, 0.15) is 16.8 Å². The number of fused-ring (bicyclic) bond motifs is 2. The molecular weight excluding hydrogens is 478 g/mol. The van der Waals surface area contributed by atoms with Crippen LogP contribution in [0.4, 0.5) is 5.82 Å². The molecule has 11 heteroatoms. The number of anilines is 1. The molecule has 10 nitrogen and oxygen atoms in total. The summed E-state index contributed by atoms with van der Waals surface area (Å²) >= 11 is 0. The molecule has 188 valence electrons. The Labute approximate surface area is 211 Å². The number of nitrogens with zero attached hydrogens (tertiary/aromatic N) is 6. The Balaban J connectivity index is 1.46. The molecule has 36 heavy (non-hydrogen) atoms. The van der Waals surface area contributed by atoms with Gasteiger partial charge in [-0.2, -0.15) is 5.10 Å². The minimum absolute atomic E-state index is 0.0648. The van der Waals surface area contributed by atoms with E-state index in [0.29, 0.717) is 28.4 Å². The molecule has 2 atom stereocenters. The fraction of sp³-hybridized carbons (Fsp3) is 0.440. The molecule has 0 aliphatic carbocycles. The van der Waals surface area contributed by atoms with E-state index in [1.807, 2.05) is 23.9 Å². The molecule has 5 heterocycles. The van der Waals surface area contributed by atoms with Crippen molar-refractivity contribution in [2.24, 2.45) is 0 Å². The second kappa shape index (κ2) is 9.72. The fourth-order valence-corrected chi connectivity index (χ4v) is 5.31. The highest BCUT2D eigenvalue weighted by molar-refractivity contribution is 7.84. The van der Waals surface area contributed by atoms with Gasteiger partial charge in [0.15, 0.2) is 17.8 Å². The predicted molar refractivity (Wildman–Crippen MR) is 138 cm³/mol. The topological polar surface area (TPSA) is 107 Å². The lowest BCUT2D eigenvalue weighted by Gasteiger charge is -2.29. The van der Waals surface area contributed by atoms with Crippen LogP contribution in [0, 0.1) is 6.92 Å². The van der Waals surface area contributed by atoms with Crippen LogP contribution in [0.1, 0.15) is 31.1 Å². The molecule has 1 N–H and O–H groups in total. The summed E-state index contributed by atoms with van der Waals surface area (Å²) in [5.41, 5.74) is 3.13. The first-order chi connectivity index (χ1) is 17.6. The number of ether oxygens (including phenoxy) is 2. The summed E-state index contributed by atoms with van der Waals surface area (Å²) in [5, 5.41) is 9.19. The van der Waals surface area contributed by atoms with Crippen molar-refractivity contribution in [3.63, 3.8) is 0 Å². The Morgan fingerprint density at radius 2 is 2.00 bits per heavy atom. The van der Waals surface area contributed by atoms with Crippen LogP contribution < -0.4 is 15.0 Å². The number of benzene rings is 1. The van der Waals surface area contributed by atoms with E-state index in [4.69, 9.17) is 9.47 Å². The third-order valence-corrected chi connectivity index (χ3v) is 7.45. The van der Waals surface area contributed by atoms with Gasteiger partial charge < -0.3 is 19.7 Å². The van der Waals surface area contributed by atoms with E-state index >= 15 is 0 Å². The lowest BCUT2D eigenvalue weighted by Crippen LogP contribution is -2.44. The van der Waals surface area contributed by atoms with Gasteiger partial charge in [0.2, 0.25) is 5.16 Å². The Morgan fingerprint density at radius 3 is 2.78 bits per heavy atom. The van der Waals surface area contributed by atoms with Crippen molar-refractivity contribution in [2.75, 3.05) is 43.9 Å². The summed E-state index contributed by atoms with van der Waals surface area (Å²) in [7, 11) is -1.36. The molecule has 2 saturated heterocycles. The Hall–Kier alpha value is -3.15. The fourth-order valence-electron chi connectivity index (χ4n) is 4.88. The minimum Gasteiger partial charge on any atom is -0.454 e. The zero-order valence-corrected chi connectivity index (χ0v) is 21.3. The lowest BCUT2D eigenvalue weighted by atomic mass is 10.1. The van der Waals surface area contributed by atoms with Gasteiger partial charge in [-0.05, 0) is 37.8 Å². The van der Waals surface area contributed by atoms with Crippen LogP contribution in [0.5, 0.6) is 11.5 Å². The first-order valence-corrected chi connectivity index (χ1v) is 13.9. The summed E-state index contributed by atoms with van der Waals surface area (Å²) in [6.07, 6.45) is 8.23. The molecule has 0 saturated carbocycles. The number of aryl methyl sites for hydroxylation is 1. The Bertz CT molecular complexity index is 1440. The van der Waals surface area contributed by atoms with Crippen LogP contribution >= 0.6 is 0 Å². The van der Waals surface area contributed by atoms with Crippen LogP contribution in [0.2, 0.25) is 0 Å². The highest BCUT2D eigenvalue weighted by atomic mass is 32.2. The SMILES string of the molecule is Cc1ccc2c(cnn2C2CCCCO2)c1Oc1ccnc2c(N3CCNCC3)nc(S(C)=O)nc12. The van der Waals surface area contributed by atoms with E-state index in [0.717, 1.165) is 68.5 Å². The third-order valence-electron chi connectivity index (χ3n) is 6.75. The van der Waals surface area contributed by atoms with E-state index in [1.165, 1.54) is 0 Å². The van der Waals surface area contributed by atoms with Crippen LogP contribution in [-0.2, 0) is 15.5 Å². The first-order valence-electron chi connectivity index (χ1n) is 12.3. The number of rotatable bonds is 5. The van der Waals surface area contributed by atoms with E-state index < -0.39 is 10.8 Å². The van der Waals surface area contributed by atoms with Crippen molar-refractivity contribution in [1.82, 2.24) is 30.0 Å². The number of aromatic nitrogens is 5. The second-order valence-electron chi connectivity index (χ2n) is 9.18. The number of pyridine rings is 1. The molecule has 1 aromatic carbocycles. The van der Waals surface area contributed by atoms with Crippen LogP contribution in [0.3, 0.4) is 0 Å². The number of piperazine rings is 1. The van der Waals surface area contributed by atoms with Crippen molar-refractivity contribution in [1.29, 1.82) is 0 Å². The van der Waals surface area contributed by atoms with Gasteiger partial charge in [-0.1, -0.05) is 6.07 Å².